The first-order valence-corrected chi connectivity index (χ1v) is 6.36. The summed E-state index contributed by atoms with van der Waals surface area (Å²) < 4.78 is 5.25. The molecule has 0 amide bonds. The topological polar surface area (TPSA) is 21.3 Å². The number of hydrogen-bond donors (Lipinski definition) is 1. The van der Waals surface area contributed by atoms with E-state index in [9.17, 15) is 0 Å². The maximum absolute atomic E-state index is 5.25. The van der Waals surface area contributed by atoms with Crippen LogP contribution in [0.4, 0.5) is 0 Å². The molecule has 0 aliphatic carbocycles. The smallest absolute Gasteiger partial charge is 0.0641 e. The average Bonchev–Trinajstić information content (AvgIpc) is 2.78. The molecule has 2 rings (SSSR count). The highest BCUT2D eigenvalue weighted by molar-refractivity contribution is 7.09. The largest absolute Gasteiger partial charge is 0.383 e. The van der Waals surface area contributed by atoms with Gasteiger partial charge in [-0.15, -0.1) is 11.3 Å². The molecule has 3 heteroatoms. The standard InChI is InChI=1S/C12H19NOS/c1-12(9-14-2)7-10(8-13-12)6-11-4-3-5-15-11/h3-5,10,13H,6-9H2,1-2H3. The number of methoxy groups -OCH3 is 1. The van der Waals surface area contributed by atoms with Crippen molar-refractivity contribution >= 4 is 11.3 Å². The van der Waals surface area contributed by atoms with E-state index in [1.165, 1.54) is 17.7 Å². The zero-order chi connectivity index (χ0) is 10.7. The Morgan fingerprint density at radius 1 is 1.67 bits per heavy atom. The third kappa shape index (κ3) is 2.80. The first-order chi connectivity index (χ1) is 7.22. The fraction of sp³-hybridized carbons (Fsp3) is 0.667. The van der Waals surface area contributed by atoms with Crippen LogP contribution >= 0.6 is 11.3 Å². The van der Waals surface area contributed by atoms with E-state index in [1.54, 1.807) is 7.11 Å². The number of ether oxygens (including phenoxy) is 1. The molecule has 2 heterocycles. The monoisotopic (exact) mass is 225 g/mol. The van der Waals surface area contributed by atoms with Crippen LogP contribution in [-0.4, -0.2) is 25.8 Å². The van der Waals surface area contributed by atoms with Crippen LogP contribution < -0.4 is 5.32 Å². The molecule has 1 aromatic rings. The van der Waals surface area contributed by atoms with Crippen molar-refractivity contribution in [3.05, 3.63) is 22.4 Å². The summed E-state index contributed by atoms with van der Waals surface area (Å²) in [6.45, 7) is 4.19. The van der Waals surface area contributed by atoms with Crippen molar-refractivity contribution in [3.8, 4) is 0 Å². The second-order valence-electron chi connectivity index (χ2n) is 4.73. The van der Waals surface area contributed by atoms with Crippen molar-refractivity contribution in [2.24, 2.45) is 5.92 Å². The molecule has 1 aromatic heterocycles. The summed E-state index contributed by atoms with van der Waals surface area (Å²) in [7, 11) is 1.78. The Morgan fingerprint density at radius 3 is 3.20 bits per heavy atom. The first kappa shape index (κ1) is 11.1. The van der Waals surface area contributed by atoms with Gasteiger partial charge in [0.25, 0.3) is 0 Å². The molecule has 1 N–H and O–H groups in total. The highest BCUT2D eigenvalue weighted by Gasteiger charge is 2.34. The molecule has 84 valence electrons. The number of nitrogens with one attached hydrogen (secondary N) is 1. The van der Waals surface area contributed by atoms with Gasteiger partial charge >= 0.3 is 0 Å². The summed E-state index contributed by atoms with van der Waals surface area (Å²) in [4.78, 5) is 1.50. The molecule has 2 nitrogen and oxygen atoms in total. The molecule has 0 saturated carbocycles. The Labute approximate surface area is 95.6 Å². The SMILES string of the molecule is COCC1(C)CC(Cc2cccs2)CN1. The van der Waals surface area contributed by atoms with Gasteiger partial charge < -0.3 is 10.1 Å². The second-order valence-corrected chi connectivity index (χ2v) is 5.76. The van der Waals surface area contributed by atoms with Gasteiger partial charge in [0.05, 0.1) is 6.61 Å². The van der Waals surface area contributed by atoms with Crippen molar-refractivity contribution < 1.29 is 4.74 Å². The minimum absolute atomic E-state index is 0.191. The summed E-state index contributed by atoms with van der Waals surface area (Å²) in [6.07, 6.45) is 2.43. The molecule has 2 atom stereocenters. The third-order valence-electron chi connectivity index (χ3n) is 3.09. The maximum atomic E-state index is 5.25. The predicted molar refractivity (Wildman–Crippen MR) is 64.4 cm³/mol. The lowest BCUT2D eigenvalue weighted by atomic mass is 9.93. The van der Waals surface area contributed by atoms with E-state index in [-0.39, 0.29) is 5.54 Å². The molecule has 2 unspecified atom stereocenters. The molecule has 0 bridgehead atoms. The van der Waals surface area contributed by atoms with Gasteiger partial charge in [0.1, 0.15) is 0 Å². The fourth-order valence-electron chi connectivity index (χ4n) is 2.46. The van der Waals surface area contributed by atoms with Crippen LogP contribution in [0.1, 0.15) is 18.2 Å². The Balaban J connectivity index is 1.87. The van der Waals surface area contributed by atoms with Crippen LogP contribution in [0.25, 0.3) is 0 Å². The van der Waals surface area contributed by atoms with Gasteiger partial charge in [-0.2, -0.15) is 0 Å². The first-order valence-electron chi connectivity index (χ1n) is 5.48. The van der Waals surface area contributed by atoms with Crippen LogP contribution in [0, 0.1) is 5.92 Å². The third-order valence-corrected chi connectivity index (χ3v) is 3.99. The summed E-state index contributed by atoms with van der Waals surface area (Å²) in [5.41, 5.74) is 0.191. The van der Waals surface area contributed by atoms with E-state index in [4.69, 9.17) is 4.74 Å². The Hall–Kier alpha value is -0.380. The van der Waals surface area contributed by atoms with E-state index in [0.29, 0.717) is 0 Å². The van der Waals surface area contributed by atoms with Crippen LogP contribution in [0.3, 0.4) is 0 Å². The number of thiophene rings is 1. The van der Waals surface area contributed by atoms with Crippen molar-refractivity contribution in [2.45, 2.75) is 25.3 Å². The van der Waals surface area contributed by atoms with Crippen LogP contribution in [0.5, 0.6) is 0 Å². The molecule has 15 heavy (non-hydrogen) atoms. The van der Waals surface area contributed by atoms with Crippen molar-refractivity contribution in [1.29, 1.82) is 0 Å². The Kier molecular flexibility index (Phi) is 3.44. The van der Waals surface area contributed by atoms with Gasteiger partial charge in [-0.3, -0.25) is 0 Å². The average molecular weight is 225 g/mol. The summed E-state index contributed by atoms with van der Waals surface area (Å²) >= 11 is 1.86. The van der Waals surface area contributed by atoms with Gasteiger partial charge in [0, 0.05) is 17.5 Å². The molecule has 0 spiro atoms. The second kappa shape index (κ2) is 4.64. The van der Waals surface area contributed by atoms with Crippen molar-refractivity contribution in [1.82, 2.24) is 5.32 Å². The van der Waals surface area contributed by atoms with E-state index < -0.39 is 0 Å². The Morgan fingerprint density at radius 2 is 2.53 bits per heavy atom. The summed E-state index contributed by atoms with van der Waals surface area (Å²) in [6, 6.07) is 4.37. The van der Waals surface area contributed by atoms with E-state index in [0.717, 1.165) is 19.1 Å². The lowest BCUT2D eigenvalue weighted by Crippen LogP contribution is -2.40. The van der Waals surface area contributed by atoms with E-state index >= 15 is 0 Å². The number of hydrogen-bond acceptors (Lipinski definition) is 3. The molecule has 1 saturated heterocycles. The van der Waals surface area contributed by atoms with E-state index in [1.807, 2.05) is 11.3 Å². The predicted octanol–water partition coefficient (Wildman–Crippen LogP) is 2.31. The zero-order valence-electron chi connectivity index (χ0n) is 9.45. The van der Waals surface area contributed by atoms with Gasteiger partial charge in [-0.25, -0.2) is 0 Å². The highest BCUT2D eigenvalue weighted by Crippen LogP contribution is 2.28. The lowest BCUT2D eigenvalue weighted by Gasteiger charge is -2.23. The van der Waals surface area contributed by atoms with Gasteiger partial charge in [-0.05, 0) is 43.7 Å². The molecule has 1 aliphatic heterocycles. The van der Waals surface area contributed by atoms with E-state index in [2.05, 4.69) is 29.8 Å². The van der Waals surface area contributed by atoms with Gasteiger partial charge in [0.15, 0.2) is 0 Å². The number of rotatable bonds is 4. The quantitative estimate of drug-likeness (QED) is 0.849. The minimum atomic E-state index is 0.191. The van der Waals surface area contributed by atoms with Crippen LogP contribution in [0.2, 0.25) is 0 Å². The van der Waals surface area contributed by atoms with Crippen LogP contribution in [0.15, 0.2) is 17.5 Å². The molecule has 1 fully saturated rings. The van der Waals surface area contributed by atoms with Crippen LogP contribution in [-0.2, 0) is 11.2 Å². The van der Waals surface area contributed by atoms with Gasteiger partial charge in [-0.1, -0.05) is 6.07 Å². The molecule has 0 radical (unpaired) electrons. The lowest BCUT2D eigenvalue weighted by molar-refractivity contribution is 0.128. The highest BCUT2D eigenvalue weighted by atomic mass is 32.1. The minimum Gasteiger partial charge on any atom is -0.383 e. The summed E-state index contributed by atoms with van der Waals surface area (Å²) in [5.74, 6) is 0.767. The molecule has 0 aromatic carbocycles. The molecule has 1 aliphatic rings. The zero-order valence-corrected chi connectivity index (χ0v) is 10.3. The van der Waals surface area contributed by atoms with Gasteiger partial charge in [0.2, 0.25) is 0 Å². The van der Waals surface area contributed by atoms with Crippen molar-refractivity contribution in [3.63, 3.8) is 0 Å². The fourth-order valence-corrected chi connectivity index (χ4v) is 3.28. The maximum Gasteiger partial charge on any atom is 0.0641 e. The molecular formula is C12H19NOS. The normalized spacial score (nSPS) is 30.9. The summed E-state index contributed by atoms with van der Waals surface area (Å²) in [5, 5.41) is 5.73. The molecular weight excluding hydrogens is 206 g/mol. The Bertz CT molecular complexity index is 299. The van der Waals surface area contributed by atoms with Crippen molar-refractivity contribution in [2.75, 3.05) is 20.3 Å².